The van der Waals surface area contributed by atoms with Gasteiger partial charge in [-0.15, -0.1) is 0 Å². The molecule has 0 radical (unpaired) electrons. The van der Waals surface area contributed by atoms with Crippen molar-refractivity contribution >= 4 is 22.5 Å². The van der Waals surface area contributed by atoms with Gasteiger partial charge in [0.2, 0.25) is 0 Å². The number of aromatic nitrogens is 2. The lowest BCUT2D eigenvalue weighted by Gasteiger charge is -2.14. The first-order valence-electron chi connectivity index (χ1n) is 7.25. The van der Waals surface area contributed by atoms with Crippen molar-refractivity contribution in [2.75, 3.05) is 7.11 Å². The van der Waals surface area contributed by atoms with E-state index in [4.69, 9.17) is 16.3 Å². The van der Waals surface area contributed by atoms with Crippen molar-refractivity contribution in [2.45, 2.75) is 27.3 Å². The van der Waals surface area contributed by atoms with Gasteiger partial charge in [-0.2, -0.15) is 0 Å². The summed E-state index contributed by atoms with van der Waals surface area (Å²) in [6.07, 6.45) is 1.87. The Labute approximate surface area is 135 Å². The normalized spacial score (nSPS) is 11.1. The molecule has 1 aromatic carbocycles. The molecule has 3 nitrogen and oxygen atoms in total. The van der Waals surface area contributed by atoms with Crippen LogP contribution < -0.4 is 4.74 Å². The Morgan fingerprint density at radius 1 is 1.18 bits per heavy atom. The van der Waals surface area contributed by atoms with E-state index in [1.165, 1.54) is 11.1 Å². The Balaban J connectivity index is 2.11. The molecule has 0 spiro atoms. The molecular weight excluding hydrogens is 296 g/mol. The Morgan fingerprint density at radius 3 is 2.68 bits per heavy atom. The molecule has 0 aliphatic carbocycles. The Bertz CT molecular complexity index is 852. The zero-order valence-electron chi connectivity index (χ0n) is 13.3. The third-order valence-corrected chi connectivity index (χ3v) is 4.37. The summed E-state index contributed by atoms with van der Waals surface area (Å²) in [4.78, 5) is 4.60. The van der Waals surface area contributed by atoms with E-state index in [0.717, 1.165) is 33.1 Å². The molecule has 0 saturated heterocycles. The van der Waals surface area contributed by atoms with Crippen molar-refractivity contribution in [2.24, 2.45) is 0 Å². The van der Waals surface area contributed by atoms with E-state index in [1.54, 1.807) is 7.11 Å². The van der Waals surface area contributed by atoms with Crippen LogP contribution in [0.25, 0.3) is 10.9 Å². The van der Waals surface area contributed by atoms with E-state index < -0.39 is 0 Å². The van der Waals surface area contributed by atoms with Crippen molar-refractivity contribution in [3.63, 3.8) is 0 Å². The van der Waals surface area contributed by atoms with Gasteiger partial charge >= 0.3 is 0 Å². The van der Waals surface area contributed by atoms with Crippen molar-refractivity contribution in [1.29, 1.82) is 0 Å². The van der Waals surface area contributed by atoms with Gasteiger partial charge in [0.25, 0.3) is 0 Å². The number of hydrogen-bond donors (Lipinski definition) is 0. The molecule has 0 aliphatic rings. The maximum Gasteiger partial charge on any atom is 0.128 e. The fourth-order valence-electron chi connectivity index (χ4n) is 2.96. The van der Waals surface area contributed by atoms with Crippen LogP contribution in [0.3, 0.4) is 0 Å². The molecule has 0 atom stereocenters. The molecule has 114 valence electrons. The Morgan fingerprint density at radius 2 is 1.95 bits per heavy atom. The second-order valence-electron chi connectivity index (χ2n) is 5.62. The highest BCUT2D eigenvalue weighted by molar-refractivity contribution is 6.31. The van der Waals surface area contributed by atoms with Crippen LogP contribution in [0.4, 0.5) is 0 Å². The van der Waals surface area contributed by atoms with Crippen LogP contribution in [0.15, 0.2) is 30.5 Å². The summed E-state index contributed by atoms with van der Waals surface area (Å²) >= 11 is 6.15. The third-order valence-electron chi connectivity index (χ3n) is 4.13. The minimum Gasteiger partial charge on any atom is -0.496 e. The van der Waals surface area contributed by atoms with Crippen molar-refractivity contribution in [3.8, 4) is 5.75 Å². The SMILES string of the molecule is COc1c(C)cnc(Cn2c(C)cc3ccc(Cl)cc32)c1C. The van der Waals surface area contributed by atoms with Gasteiger partial charge in [0.15, 0.2) is 0 Å². The molecule has 0 unspecified atom stereocenters. The molecule has 0 amide bonds. The number of halogens is 1. The number of nitrogens with zero attached hydrogens (tertiary/aromatic N) is 2. The van der Waals surface area contributed by atoms with Crippen LogP contribution in [0, 0.1) is 20.8 Å². The van der Waals surface area contributed by atoms with Gasteiger partial charge in [0.05, 0.1) is 24.9 Å². The van der Waals surface area contributed by atoms with Gasteiger partial charge in [-0.25, -0.2) is 0 Å². The summed E-state index contributed by atoms with van der Waals surface area (Å²) in [5, 5.41) is 1.94. The molecule has 0 aliphatic heterocycles. The highest BCUT2D eigenvalue weighted by Crippen LogP contribution is 2.27. The highest BCUT2D eigenvalue weighted by Gasteiger charge is 2.13. The second kappa shape index (κ2) is 5.65. The topological polar surface area (TPSA) is 27.1 Å². The molecule has 4 heteroatoms. The van der Waals surface area contributed by atoms with Crippen LogP contribution >= 0.6 is 11.6 Å². The molecule has 2 heterocycles. The fraction of sp³-hybridized carbons (Fsp3) is 0.278. The number of benzene rings is 1. The molecule has 0 saturated carbocycles. The van der Waals surface area contributed by atoms with Gasteiger partial charge in [0, 0.05) is 28.0 Å². The van der Waals surface area contributed by atoms with E-state index in [-0.39, 0.29) is 0 Å². The molecule has 22 heavy (non-hydrogen) atoms. The third kappa shape index (κ3) is 2.46. The molecule has 0 fully saturated rings. The minimum absolute atomic E-state index is 0.706. The van der Waals surface area contributed by atoms with Crippen LogP contribution in [-0.2, 0) is 6.54 Å². The molecular formula is C18H19ClN2O. The van der Waals surface area contributed by atoms with Crippen molar-refractivity contribution < 1.29 is 4.74 Å². The summed E-state index contributed by atoms with van der Waals surface area (Å²) in [5.74, 6) is 0.914. The summed E-state index contributed by atoms with van der Waals surface area (Å²) in [6.45, 7) is 6.88. The number of aryl methyl sites for hydroxylation is 2. The zero-order chi connectivity index (χ0) is 15.9. The van der Waals surface area contributed by atoms with Gasteiger partial charge in [-0.05, 0) is 44.4 Å². The van der Waals surface area contributed by atoms with E-state index in [0.29, 0.717) is 6.54 Å². The van der Waals surface area contributed by atoms with Crippen LogP contribution in [0.1, 0.15) is 22.5 Å². The number of ether oxygens (including phenoxy) is 1. The first kappa shape index (κ1) is 14.9. The monoisotopic (exact) mass is 314 g/mol. The number of pyridine rings is 1. The van der Waals surface area contributed by atoms with Crippen LogP contribution in [-0.4, -0.2) is 16.7 Å². The zero-order valence-corrected chi connectivity index (χ0v) is 14.0. The first-order valence-corrected chi connectivity index (χ1v) is 7.63. The molecule has 0 bridgehead atoms. The summed E-state index contributed by atoms with van der Waals surface area (Å²) in [7, 11) is 1.70. The highest BCUT2D eigenvalue weighted by atomic mass is 35.5. The van der Waals surface area contributed by atoms with Gasteiger partial charge < -0.3 is 9.30 Å². The Hall–Kier alpha value is -2.00. The predicted octanol–water partition coefficient (Wildman–Crippen LogP) is 4.67. The molecule has 0 N–H and O–H groups in total. The predicted molar refractivity (Wildman–Crippen MR) is 91.1 cm³/mol. The van der Waals surface area contributed by atoms with Gasteiger partial charge in [0.1, 0.15) is 5.75 Å². The van der Waals surface area contributed by atoms with Gasteiger partial charge in [-0.1, -0.05) is 17.7 Å². The average Bonchev–Trinajstić information content (AvgIpc) is 2.78. The maximum absolute atomic E-state index is 6.15. The van der Waals surface area contributed by atoms with Crippen LogP contribution in [0.5, 0.6) is 5.75 Å². The lowest BCUT2D eigenvalue weighted by molar-refractivity contribution is 0.406. The van der Waals surface area contributed by atoms with Crippen molar-refractivity contribution in [3.05, 3.63) is 58.0 Å². The Kier molecular flexibility index (Phi) is 3.83. The van der Waals surface area contributed by atoms with E-state index in [1.807, 2.05) is 25.3 Å². The standard InChI is InChI=1S/C18H19ClN2O/c1-11-9-20-16(13(3)18(11)22-4)10-21-12(2)7-14-5-6-15(19)8-17(14)21/h5-9H,10H2,1-4H3. The molecule has 3 rings (SSSR count). The number of hydrogen-bond acceptors (Lipinski definition) is 2. The van der Waals surface area contributed by atoms with Gasteiger partial charge in [-0.3, -0.25) is 4.98 Å². The quantitative estimate of drug-likeness (QED) is 0.702. The lowest BCUT2D eigenvalue weighted by atomic mass is 10.1. The number of rotatable bonds is 3. The van der Waals surface area contributed by atoms with Crippen molar-refractivity contribution in [1.82, 2.24) is 9.55 Å². The minimum atomic E-state index is 0.706. The molecule has 2 aromatic heterocycles. The summed E-state index contributed by atoms with van der Waals surface area (Å²) in [6, 6.07) is 8.15. The summed E-state index contributed by atoms with van der Waals surface area (Å²) in [5.41, 5.74) is 5.48. The smallest absolute Gasteiger partial charge is 0.128 e. The average molecular weight is 315 g/mol. The van der Waals surface area contributed by atoms with E-state index in [2.05, 4.69) is 35.5 Å². The van der Waals surface area contributed by atoms with Crippen LogP contribution in [0.2, 0.25) is 5.02 Å². The number of methoxy groups -OCH3 is 1. The largest absolute Gasteiger partial charge is 0.496 e. The van der Waals surface area contributed by atoms with E-state index >= 15 is 0 Å². The van der Waals surface area contributed by atoms with E-state index in [9.17, 15) is 0 Å². The lowest BCUT2D eigenvalue weighted by Crippen LogP contribution is -2.07. The number of fused-ring (bicyclic) bond motifs is 1. The maximum atomic E-state index is 6.15. The summed E-state index contributed by atoms with van der Waals surface area (Å²) < 4.78 is 7.74. The first-order chi connectivity index (χ1) is 10.5. The fourth-order valence-corrected chi connectivity index (χ4v) is 3.12. The second-order valence-corrected chi connectivity index (χ2v) is 6.06. The molecule has 3 aromatic rings.